The van der Waals surface area contributed by atoms with Gasteiger partial charge in [0.25, 0.3) is 5.69 Å². The maximum atomic E-state index is 12.0. The maximum absolute atomic E-state index is 12.0. The SMILES string of the molecule is O=[N+]([O-])c1ccc(OS(=O)(=O)c2ccc(OC(F)(F)F)cc2)cc1. The first-order valence-electron chi connectivity index (χ1n) is 6.11. The van der Waals surface area contributed by atoms with Crippen LogP contribution in [0.2, 0.25) is 0 Å². The normalized spacial score (nSPS) is 11.8. The average Bonchev–Trinajstić information content (AvgIpc) is 2.46. The molecule has 0 aliphatic heterocycles. The molecule has 0 saturated carbocycles. The summed E-state index contributed by atoms with van der Waals surface area (Å²) in [5.74, 6) is -0.770. The standard InChI is InChI=1S/C13H8F3NO6S/c14-13(15,16)22-10-5-7-12(8-6-10)24(20,21)23-11-3-1-9(2-4-11)17(18)19/h1-8H. The first kappa shape index (κ1) is 17.5. The molecule has 0 amide bonds. The van der Waals surface area contributed by atoms with Gasteiger partial charge in [-0.05, 0) is 36.4 Å². The molecule has 2 aromatic carbocycles. The van der Waals surface area contributed by atoms with Crippen molar-refractivity contribution in [2.24, 2.45) is 0 Å². The minimum absolute atomic E-state index is 0.184. The zero-order valence-corrected chi connectivity index (χ0v) is 12.4. The molecule has 11 heteroatoms. The van der Waals surface area contributed by atoms with Crippen LogP contribution in [0, 0.1) is 10.1 Å². The molecule has 0 aliphatic rings. The Hall–Kier alpha value is -2.82. The summed E-state index contributed by atoms with van der Waals surface area (Å²) in [5.41, 5.74) is -0.256. The van der Waals surface area contributed by atoms with Crippen LogP contribution in [0.5, 0.6) is 11.5 Å². The fourth-order valence-electron chi connectivity index (χ4n) is 1.61. The molecule has 2 rings (SSSR count). The van der Waals surface area contributed by atoms with Crippen LogP contribution in [0.25, 0.3) is 0 Å². The predicted molar refractivity (Wildman–Crippen MR) is 74.0 cm³/mol. The number of halogens is 3. The van der Waals surface area contributed by atoms with Crippen LogP contribution in [0.15, 0.2) is 53.4 Å². The number of alkyl halides is 3. The van der Waals surface area contributed by atoms with E-state index in [1.54, 1.807) is 0 Å². The van der Waals surface area contributed by atoms with Gasteiger partial charge in [-0.3, -0.25) is 10.1 Å². The smallest absolute Gasteiger partial charge is 0.406 e. The lowest BCUT2D eigenvalue weighted by Crippen LogP contribution is -2.17. The molecule has 0 heterocycles. The fourth-order valence-corrected chi connectivity index (χ4v) is 2.54. The minimum atomic E-state index is -4.89. The van der Waals surface area contributed by atoms with E-state index in [1.165, 1.54) is 0 Å². The highest BCUT2D eigenvalue weighted by Crippen LogP contribution is 2.26. The molecule has 0 saturated heterocycles. The van der Waals surface area contributed by atoms with Crippen LogP contribution in [-0.4, -0.2) is 19.7 Å². The second-order valence-electron chi connectivity index (χ2n) is 4.31. The topological polar surface area (TPSA) is 95.7 Å². The Kier molecular flexibility index (Phi) is 4.64. The van der Waals surface area contributed by atoms with Crippen LogP contribution < -0.4 is 8.92 Å². The molecule has 0 N–H and O–H groups in total. The second kappa shape index (κ2) is 6.35. The molecule has 0 radical (unpaired) electrons. The van der Waals surface area contributed by atoms with Gasteiger partial charge in [0, 0.05) is 12.1 Å². The summed E-state index contributed by atoms with van der Waals surface area (Å²) < 4.78 is 68.5. The summed E-state index contributed by atoms with van der Waals surface area (Å²) in [5, 5.41) is 10.5. The number of non-ortho nitro benzene ring substituents is 1. The van der Waals surface area contributed by atoms with Crippen LogP contribution in [0.1, 0.15) is 0 Å². The number of hydrogen-bond donors (Lipinski definition) is 0. The molecule has 0 aliphatic carbocycles. The van der Waals surface area contributed by atoms with E-state index in [4.69, 9.17) is 4.18 Å². The highest BCUT2D eigenvalue weighted by Gasteiger charge is 2.31. The Morgan fingerprint density at radius 2 is 1.42 bits per heavy atom. The highest BCUT2D eigenvalue weighted by atomic mass is 32.2. The van der Waals surface area contributed by atoms with Gasteiger partial charge in [0.2, 0.25) is 0 Å². The first-order valence-corrected chi connectivity index (χ1v) is 7.52. The van der Waals surface area contributed by atoms with Gasteiger partial charge in [0.1, 0.15) is 16.4 Å². The molecule has 7 nitrogen and oxygen atoms in total. The van der Waals surface area contributed by atoms with E-state index in [2.05, 4.69) is 4.74 Å². The van der Waals surface area contributed by atoms with Gasteiger partial charge in [-0.25, -0.2) is 0 Å². The van der Waals surface area contributed by atoms with Crippen LogP contribution in [-0.2, 0) is 10.1 Å². The first-order chi connectivity index (χ1) is 11.1. The van der Waals surface area contributed by atoms with E-state index in [-0.39, 0.29) is 11.4 Å². The van der Waals surface area contributed by atoms with Crippen molar-refractivity contribution in [2.45, 2.75) is 11.3 Å². The van der Waals surface area contributed by atoms with Crippen molar-refractivity contribution in [1.82, 2.24) is 0 Å². The lowest BCUT2D eigenvalue weighted by atomic mass is 10.3. The summed E-state index contributed by atoms with van der Waals surface area (Å²) in [6.45, 7) is 0. The summed E-state index contributed by atoms with van der Waals surface area (Å²) in [4.78, 5) is 9.43. The Labute approximate surface area is 133 Å². The Bertz CT molecular complexity index is 832. The van der Waals surface area contributed by atoms with Crippen LogP contribution in [0.3, 0.4) is 0 Å². The highest BCUT2D eigenvalue weighted by molar-refractivity contribution is 7.87. The van der Waals surface area contributed by atoms with Crippen molar-refractivity contribution < 1.29 is 35.4 Å². The number of ether oxygens (including phenoxy) is 1. The van der Waals surface area contributed by atoms with E-state index in [1.807, 2.05) is 0 Å². The molecule has 0 fully saturated rings. The summed E-state index contributed by atoms with van der Waals surface area (Å²) in [6, 6.07) is 7.65. The van der Waals surface area contributed by atoms with Crippen molar-refractivity contribution in [1.29, 1.82) is 0 Å². The second-order valence-corrected chi connectivity index (χ2v) is 5.85. The number of hydrogen-bond acceptors (Lipinski definition) is 6. The molecule has 0 unspecified atom stereocenters. The predicted octanol–water partition coefficient (Wildman–Crippen LogP) is 3.26. The molecule has 2 aromatic rings. The lowest BCUT2D eigenvalue weighted by molar-refractivity contribution is -0.384. The third-order valence-corrected chi connectivity index (χ3v) is 3.86. The molecule has 0 aromatic heterocycles. The number of nitro groups is 1. The number of rotatable bonds is 5. The Balaban J connectivity index is 2.16. The minimum Gasteiger partial charge on any atom is -0.406 e. The number of benzene rings is 2. The van der Waals surface area contributed by atoms with Crippen molar-refractivity contribution in [3.05, 3.63) is 58.6 Å². The summed E-state index contributed by atoms with van der Waals surface area (Å²) in [6.07, 6.45) is -4.89. The monoisotopic (exact) mass is 363 g/mol. The molecule has 24 heavy (non-hydrogen) atoms. The largest absolute Gasteiger partial charge is 0.573 e. The number of nitro benzene ring substituents is 1. The number of nitrogens with zero attached hydrogens (tertiary/aromatic N) is 1. The van der Waals surface area contributed by atoms with Crippen LogP contribution >= 0.6 is 0 Å². The van der Waals surface area contributed by atoms with Crippen molar-refractivity contribution in [3.8, 4) is 11.5 Å². The fraction of sp³-hybridized carbons (Fsp3) is 0.0769. The molecule has 128 valence electrons. The van der Waals surface area contributed by atoms with Gasteiger partial charge in [0.05, 0.1) is 4.92 Å². The van der Waals surface area contributed by atoms with Gasteiger partial charge in [-0.1, -0.05) is 0 Å². The Morgan fingerprint density at radius 3 is 1.88 bits per heavy atom. The maximum Gasteiger partial charge on any atom is 0.573 e. The van der Waals surface area contributed by atoms with E-state index in [0.29, 0.717) is 0 Å². The van der Waals surface area contributed by atoms with Gasteiger partial charge in [-0.15, -0.1) is 13.2 Å². The van der Waals surface area contributed by atoms with E-state index in [9.17, 15) is 31.7 Å². The van der Waals surface area contributed by atoms with Gasteiger partial charge >= 0.3 is 16.5 Å². The molecule has 0 atom stereocenters. The van der Waals surface area contributed by atoms with Crippen molar-refractivity contribution >= 4 is 15.8 Å². The average molecular weight is 363 g/mol. The van der Waals surface area contributed by atoms with E-state index < -0.39 is 32.0 Å². The molecular weight excluding hydrogens is 355 g/mol. The third kappa shape index (κ3) is 4.59. The van der Waals surface area contributed by atoms with Gasteiger partial charge in [0.15, 0.2) is 0 Å². The molecule has 0 bridgehead atoms. The van der Waals surface area contributed by atoms with Crippen molar-refractivity contribution in [2.75, 3.05) is 0 Å². The van der Waals surface area contributed by atoms with Gasteiger partial charge < -0.3 is 8.92 Å². The summed E-state index contributed by atoms with van der Waals surface area (Å²) >= 11 is 0. The van der Waals surface area contributed by atoms with E-state index in [0.717, 1.165) is 48.5 Å². The zero-order chi connectivity index (χ0) is 18.0. The van der Waals surface area contributed by atoms with E-state index >= 15 is 0 Å². The molecule has 0 spiro atoms. The summed E-state index contributed by atoms with van der Waals surface area (Å²) in [7, 11) is -4.31. The third-order valence-electron chi connectivity index (χ3n) is 2.60. The lowest BCUT2D eigenvalue weighted by Gasteiger charge is -2.10. The molecular formula is C13H8F3NO6S. The van der Waals surface area contributed by atoms with Crippen LogP contribution in [0.4, 0.5) is 18.9 Å². The Morgan fingerprint density at radius 1 is 0.917 bits per heavy atom. The quantitative estimate of drug-likeness (QED) is 0.460. The zero-order valence-electron chi connectivity index (χ0n) is 11.6. The van der Waals surface area contributed by atoms with Gasteiger partial charge in [-0.2, -0.15) is 8.42 Å². The van der Waals surface area contributed by atoms with Crippen molar-refractivity contribution in [3.63, 3.8) is 0 Å².